The Morgan fingerprint density at radius 1 is 1.06 bits per heavy atom. The summed E-state index contributed by atoms with van der Waals surface area (Å²) in [6.45, 7) is 0. The van der Waals surface area contributed by atoms with Gasteiger partial charge in [-0.3, -0.25) is 4.98 Å². The van der Waals surface area contributed by atoms with E-state index in [1.807, 2.05) is 36.5 Å². The zero-order valence-corrected chi connectivity index (χ0v) is 10.0. The summed E-state index contributed by atoms with van der Waals surface area (Å²) in [5.41, 5.74) is 3.36. The number of aromatic nitrogens is 3. The molecule has 0 spiro atoms. The topological polar surface area (TPSA) is 41.6 Å². The van der Waals surface area contributed by atoms with Crippen LogP contribution in [0.15, 0.2) is 48.8 Å². The van der Waals surface area contributed by atoms with Crippen LogP contribution in [0, 0.1) is 6.42 Å². The highest BCUT2D eigenvalue weighted by Gasteiger charge is 2.02. The van der Waals surface area contributed by atoms with Gasteiger partial charge in [0.05, 0.1) is 11.0 Å². The third-order valence-corrected chi connectivity index (χ3v) is 2.88. The van der Waals surface area contributed by atoms with Gasteiger partial charge in [-0.25, -0.2) is 4.98 Å². The Morgan fingerprint density at radius 2 is 2.00 bits per heavy atom. The number of benzene rings is 1. The minimum absolute atomic E-state index is 0.851. The number of nitrogens with one attached hydrogen (secondary N) is 1. The molecular weight excluding hydrogens is 222 g/mol. The molecule has 0 unspecified atom stereocenters. The standard InChI is InChI=1S/C15H14N3/c1-2-8-14-13(7-1)17-15(18-14)9-3-5-12-6-4-10-16-11-12/h1-4,6-8,10-11H,5,9H2,(H,17,18). The lowest BCUT2D eigenvalue weighted by Gasteiger charge is -1.98. The average Bonchev–Trinajstić information content (AvgIpc) is 2.82. The first-order valence-electron chi connectivity index (χ1n) is 6.06. The van der Waals surface area contributed by atoms with E-state index in [2.05, 4.69) is 27.4 Å². The van der Waals surface area contributed by atoms with E-state index >= 15 is 0 Å². The summed E-state index contributed by atoms with van der Waals surface area (Å²) in [5.74, 6) is 1.01. The lowest BCUT2D eigenvalue weighted by molar-refractivity contribution is 0.951. The first-order valence-corrected chi connectivity index (χ1v) is 6.06. The maximum Gasteiger partial charge on any atom is 0.107 e. The smallest absolute Gasteiger partial charge is 0.107 e. The SMILES string of the molecule is [CH](Cc1cccnc1)Cc1nc2ccccc2[nH]1. The molecule has 0 aliphatic heterocycles. The van der Waals surface area contributed by atoms with Crippen LogP contribution in [0.3, 0.4) is 0 Å². The molecule has 0 amide bonds. The Morgan fingerprint density at radius 3 is 2.83 bits per heavy atom. The lowest BCUT2D eigenvalue weighted by atomic mass is 10.1. The number of aromatic amines is 1. The molecule has 0 saturated carbocycles. The highest BCUT2D eigenvalue weighted by molar-refractivity contribution is 5.74. The molecular formula is C15H14N3. The predicted octanol–water partition coefficient (Wildman–Crippen LogP) is 2.95. The quantitative estimate of drug-likeness (QED) is 0.756. The fourth-order valence-corrected chi connectivity index (χ4v) is 2.00. The molecule has 3 aromatic rings. The van der Waals surface area contributed by atoms with Crippen molar-refractivity contribution in [2.75, 3.05) is 0 Å². The molecule has 2 aromatic heterocycles. The summed E-state index contributed by atoms with van der Waals surface area (Å²) >= 11 is 0. The molecule has 1 N–H and O–H groups in total. The Bertz CT molecular complexity index is 595. The first-order chi connectivity index (χ1) is 8.92. The number of imidazole rings is 1. The van der Waals surface area contributed by atoms with Crippen LogP contribution in [-0.2, 0) is 12.8 Å². The van der Waals surface area contributed by atoms with Gasteiger partial charge in [-0.05, 0) is 36.6 Å². The Kier molecular flexibility index (Phi) is 3.05. The summed E-state index contributed by atoms with van der Waals surface area (Å²) in [6.07, 6.45) is 7.68. The molecule has 1 radical (unpaired) electrons. The fraction of sp³-hybridized carbons (Fsp3) is 0.133. The molecule has 1 aromatic carbocycles. The van der Waals surface area contributed by atoms with Crippen LogP contribution in [0.1, 0.15) is 11.4 Å². The largest absolute Gasteiger partial charge is 0.342 e. The number of nitrogens with zero attached hydrogens (tertiary/aromatic N) is 2. The molecule has 89 valence electrons. The van der Waals surface area contributed by atoms with Gasteiger partial charge in [-0.2, -0.15) is 0 Å². The molecule has 0 fully saturated rings. The van der Waals surface area contributed by atoms with E-state index in [1.165, 1.54) is 5.56 Å². The molecule has 3 rings (SSSR count). The molecule has 0 aliphatic rings. The van der Waals surface area contributed by atoms with Crippen LogP contribution in [0.4, 0.5) is 0 Å². The number of hydrogen-bond acceptors (Lipinski definition) is 2. The fourth-order valence-electron chi connectivity index (χ4n) is 2.00. The van der Waals surface area contributed by atoms with Gasteiger partial charge in [-0.15, -0.1) is 0 Å². The van der Waals surface area contributed by atoms with Crippen molar-refractivity contribution in [3.8, 4) is 0 Å². The van der Waals surface area contributed by atoms with E-state index in [0.29, 0.717) is 0 Å². The summed E-state index contributed by atoms with van der Waals surface area (Å²) in [5, 5.41) is 0. The third-order valence-electron chi connectivity index (χ3n) is 2.88. The minimum atomic E-state index is 0.851. The zero-order chi connectivity index (χ0) is 12.2. The molecule has 0 aliphatic carbocycles. The van der Waals surface area contributed by atoms with Crippen molar-refractivity contribution in [3.05, 3.63) is 66.6 Å². The highest BCUT2D eigenvalue weighted by Crippen LogP contribution is 2.12. The van der Waals surface area contributed by atoms with Crippen LogP contribution in [0.25, 0.3) is 11.0 Å². The van der Waals surface area contributed by atoms with Gasteiger partial charge in [-0.1, -0.05) is 18.2 Å². The normalized spacial score (nSPS) is 10.9. The Labute approximate surface area is 106 Å². The number of para-hydroxylation sites is 2. The van der Waals surface area contributed by atoms with Gasteiger partial charge < -0.3 is 4.98 Å². The van der Waals surface area contributed by atoms with E-state index in [1.54, 1.807) is 6.20 Å². The minimum Gasteiger partial charge on any atom is -0.342 e. The summed E-state index contributed by atoms with van der Waals surface area (Å²) in [4.78, 5) is 12.0. The maximum absolute atomic E-state index is 4.54. The monoisotopic (exact) mass is 236 g/mol. The van der Waals surface area contributed by atoms with Crippen LogP contribution in [0.2, 0.25) is 0 Å². The average molecular weight is 236 g/mol. The van der Waals surface area contributed by atoms with E-state index < -0.39 is 0 Å². The number of H-pyrrole nitrogens is 1. The number of hydrogen-bond donors (Lipinski definition) is 1. The zero-order valence-electron chi connectivity index (χ0n) is 10.0. The molecule has 0 atom stereocenters. The van der Waals surface area contributed by atoms with Crippen molar-refractivity contribution in [1.29, 1.82) is 0 Å². The Balaban J connectivity index is 1.63. The van der Waals surface area contributed by atoms with Crippen LogP contribution >= 0.6 is 0 Å². The predicted molar refractivity (Wildman–Crippen MR) is 72.0 cm³/mol. The van der Waals surface area contributed by atoms with Crippen LogP contribution in [0.5, 0.6) is 0 Å². The second kappa shape index (κ2) is 5.00. The third kappa shape index (κ3) is 2.40. The van der Waals surface area contributed by atoms with Gasteiger partial charge >= 0.3 is 0 Å². The van der Waals surface area contributed by atoms with Crippen molar-refractivity contribution < 1.29 is 0 Å². The summed E-state index contributed by atoms with van der Waals surface area (Å²) in [6, 6.07) is 12.1. The van der Waals surface area contributed by atoms with Crippen LogP contribution < -0.4 is 0 Å². The molecule has 18 heavy (non-hydrogen) atoms. The van der Waals surface area contributed by atoms with E-state index in [4.69, 9.17) is 0 Å². The number of pyridine rings is 1. The van der Waals surface area contributed by atoms with Crippen molar-refractivity contribution >= 4 is 11.0 Å². The number of rotatable bonds is 4. The summed E-state index contributed by atoms with van der Waals surface area (Å²) in [7, 11) is 0. The van der Waals surface area contributed by atoms with E-state index in [-0.39, 0.29) is 0 Å². The van der Waals surface area contributed by atoms with Gasteiger partial charge in [0.1, 0.15) is 5.82 Å². The van der Waals surface area contributed by atoms with Gasteiger partial charge in [0.25, 0.3) is 0 Å². The second-order valence-corrected chi connectivity index (χ2v) is 4.26. The Hall–Kier alpha value is -2.16. The molecule has 0 bridgehead atoms. The van der Waals surface area contributed by atoms with Crippen LogP contribution in [-0.4, -0.2) is 15.0 Å². The van der Waals surface area contributed by atoms with Crippen molar-refractivity contribution in [2.45, 2.75) is 12.8 Å². The van der Waals surface area contributed by atoms with Gasteiger partial charge in [0.15, 0.2) is 0 Å². The maximum atomic E-state index is 4.54. The summed E-state index contributed by atoms with van der Waals surface area (Å²) < 4.78 is 0. The highest BCUT2D eigenvalue weighted by atomic mass is 14.9. The van der Waals surface area contributed by atoms with Crippen molar-refractivity contribution in [3.63, 3.8) is 0 Å². The van der Waals surface area contributed by atoms with Crippen molar-refractivity contribution in [2.24, 2.45) is 0 Å². The second-order valence-electron chi connectivity index (χ2n) is 4.26. The molecule has 3 nitrogen and oxygen atoms in total. The first kappa shape index (κ1) is 11.0. The van der Waals surface area contributed by atoms with Gasteiger partial charge in [0, 0.05) is 18.8 Å². The molecule has 3 heteroatoms. The molecule has 2 heterocycles. The number of fused-ring (bicyclic) bond motifs is 1. The molecule has 0 saturated heterocycles. The van der Waals surface area contributed by atoms with E-state index in [0.717, 1.165) is 29.7 Å². The lowest BCUT2D eigenvalue weighted by Crippen LogP contribution is -1.93. The van der Waals surface area contributed by atoms with Crippen molar-refractivity contribution in [1.82, 2.24) is 15.0 Å². The van der Waals surface area contributed by atoms with E-state index in [9.17, 15) is 0 Å². The van der Waals surface area contributed by atoms with Gasteiger partial charge in [0.2, 0.25) is 0 Å².